The molecule has 2 fully saturated rings. The Balaban J connectivity index is 1.99. The van der Waals surface area contributed by atoms with Crippen molar-refractivity contribution in [3.63, 3.8) is 0 Å². The molecule has 2 aliphatic rings. The smallest absolute Gasteiger partial charge is 0.305 e. The predicted octanol–water partition coefficient (Wildman–Crippen LogP) is 3.15. The summed E-state index contributed by atoms with van der Waals surface area (Å²) >= 11 is 0. The number of carbonyl (C=O) groups is 1. The van der Waals surface area contributed by atoms with Crippen LogP contribution in [0.5, 0.6) is 0 Å². The van der Waals surface area contributed by atoms with Crippen LogP contribution < -0.4 is 0 Å². The predicted molar refractivity (Wildman–Crippen MR) is 59.4 cm³/mol. The van der Waals surface area contributed by atoms with Crippen LogP contribution in [-0.4, -0.2) is 12.1 Å². The van der Waals surface area contributed by atoms with Crippen LogP contribution in [0.4, 0.5) is 0 Å². The van der Waals surface area contributed by atoms with Crippen LogP contribution in [0.25, 0.3) is 0 Å². The van der Waals surface area contributed by atoms with Crippen molar-refractivity contribution in [1.29, 1.82) is 0 Å². The molecule has 0 saturated heterocycles. The van der Waals surface area contributed by atoms with Gasteiger partial charge in [0.2, 0.25) is 0 Å². The van der Waals surface area contributed by atoms with E-state index in [1.54, 1.807) is 0 Å². The van der Waals surface area contributed by atoms with Gasteiger partial charge >= 0.3 is 5.97 Å². The van der Waals surface area contributed by atoms with Gasteiger partial charge in [-0.25, -0.2) is 0 Å². The third kappa shape index (κ3) is 2.35. The molecule has 15 heavy (non-hydrogen) atoms. The maximum atomic E-state index is 11.4. The fourth-order valence-electron chi connectivity index (χ4n) is 3.42. The van der Waals surface area contributed by atoms with E-state index in [1.165, 1.54) is 32.1 Å². The molecule has 0 aliphatic heterocycles. The van der Waals surface area contributed by atoms with E-state index in [9.17, 15) is 4.79 Å². The largest absolute Gasteiger partial charge is 0.462 e. The SMILES string of the molecule is CCC(=O)OC1C(C)CC2CCCC1C2. The molecule has 0 N–H and O–H groups in total. The topological polar surface area (TPSA) is 26.3 Å². The molecule has 0 amide bonds. The van der Waals surface area contributed by atoms with Crippen molar-refractivity contribution in [1.82, 2.24) is 0 Å². The number of esters is 1. The lowest BCUT2D eigenvalue weighted by Crippen LogP contribution is -2.41. The Kier molecular flexibility index (Phi) is 3.32. The van der Waals surface area contributed by atoms with E-state index in [1.807, 2.05) is 6.92 Å². The van der Waals surface area contributed by atoms with Crippen molar-refractivity contribution in [3.05, 3.63) is 0 Å². The van der Waals surface area contributed by atoms with Gasteiger partial charge in [-0.05, 0) is 37.0 Å². The minimum atomic E-state index is -0.0177. The van der Waals surface area contributed by atoms with Crippen LogP contribution in [0, 0.1) is 17.8 Å². The van der Waals surface area contributed by atoms with Crippen LogP contribution in [0.1, 0.15) is 52.4 Å². The van der Waals surface area contributed by atoms with Gasteiger partial charge in [0.1, 0.15) is 6.10 Å². The number of rotatable bonds is 2. The number of carbonyl (C=O) groups excluding carboxylic acids is 1. The third-order valence-electron chi connectivity index (χ3n) is 4.11. The first kappa shape index (κ1) is 11.0. The molecule has 2 bridgehead atoms. The number of ether oxygens (including phenoxy) is 1. The lowest BCUT2D eigenvalue weighted by molar-refractivity contribution is -0.159. The second-order valence-electron chi connectivity index (χ2n) is 5.31. The first-order valence-corrected chi connectivity index (χ1v) is 6.40. The van der Waals surface area contributed by atoms with Gasteiger partial charge in [0.15, 0.2) is 0 Å². The Bertz CT molecular complexity index is 235. The minimum absolute atomic E-state index is 0.0177. The summed E-state index contributed by atoms with van der Waals surface area (Å²) in [5.74, 6) is 2.12. The molecule has 2 nitrogen and oxygen atoms in total. The molecular weight excluding hydrogens is 188 g/mol. The molecule has 0 aromatic heterocycles. The molecule has 2 heteroatoms. The Labute approximate surface area is 92.4 Å². The number of hydrogen-bond donors (Lipinski definition) is 0. The quantitative estimate of drug-likeness (QED) is 0.654. The van der Waals surface area contributed by atoms with E-state index in [0.717, 1.165) is 5.92 Å². The molecule has 4 unspecified atom stereocenters. The lowest BCUT2D eigenvalue weighted by Gasteiger charge is -2.43. The van der Waals surface area contributed by atoms with Crippen LogP contribution in [0.3, 0.4) is 0 Å². The lowest BCUT2D eigenvalue weighted by atomic mass is 9.67. The van der Waals surface area contributed by atoms with Gasteiger partial charge in [-0.15, -0.1) is 0 Å². The Morgan fingerprint density at radius 1 is 1.33 bits per heavy atom. The molecule has 2 rings (SSSR count). The maximum Gasteiger partial charge on any atom is 0.305 e. The molecule has 4 atom stereocenters. The van der Waals surface area contributed by atoms with Crippen molar-refractivity contribution >= 4 is 5.97 Å². The second-order valence-corrected chi connectivity index (χ2v) is 5.31. The highest BCUT2D eigenvalue weighted by atomic mass is 16.5. The zero-order valence-corrected chi connectivity index (χ0v) is 9.87. The molecule has 0 aromatic carbocycles. The van der Waals surface area contributed by atoms with Gasteiger partial charge in [0.05, 0.1) is 0 Å². The van der Waals surface area contributed by atoms with Crippen LogP contribution >= 0.6 is 0 Å². The van der Waals surface area contributed by atoms with E-state index in [-0.39, 0.29) is 12.1 Å². The molecule has 0 radical (unpaired) electrons. The Morgan fingerprint density at radius 2 is 2.13 bits per heavy atom. The molecular formula is C13H22O2. The summed E-state index contributed by atoms with van der Waals surface area (Å²) in [4.78, 5) is 11.4. The van der Waals surface area contributed by atoms with Crippen LogP contribution in [-0.2, 0) is 9.53 Å². The van der Waals surface area contributed by atoms with Crippen molar-refractivity contribution < 1.29 is 9.53 Å². The summed E-state index contributed by atoms with van der Waals surface area (Å²) in [6.45, 7) is 4.12. The van der Waals surface area contributed by atoms with Gasteiger partial charge in [-0.2, -0.15) is 0 Å². The Hall–Kier alpha value is -0.530. The fourth-order valence-corrected chi connectivity index (χ4v) is 3.42. The zero-order chi connectivity index (χ0) is 10.8. The maximum absolute atomic E-state index is 11.4. The minimum Gasteiger partial charge on any atom is -0.462 e. The monoisotopic (exact) mass is 210 g/mol. The molecule has 86 valence electrons. The summed E-state index contributed by atoms with van der Waals surface area (Å²) < 4.78 is 5.60. The number of fused-ring (bicyclic) bond motifs is 2. The van der Waals surface area contributed by atoms with Gasteiger partial charge in [-0.3, -0.25) is 4.79 Å². The molecule has 2 saturated carbocycles. The summed E-state index contributed by atoms with van der Waals surface area (Å²) in [6.07, 6.45) is 7.29. The fraction of sp³-hybridized carbons (Fsp3) is 0.923. The van der Waals surface area contributed by atoms with Gasteiger partial charge in [0.25, 0.3) is 0 Å². The zero-order valence-electron chi connectivity index (χ0n) is 9.87. The highest BCUT2D eigenvalue weighted by Crippen LogP contribution is 2.43. The van der Waals surface area contributed by atoms with Crippen LogP contribution in [0.15, 0.2) is 0 Å². The van der Waals surface area contributed by atoms with Crippen molar-refractivity contribution in [3.8, 4) is 0 Å². The van der Waals surface area contributed by atoms with Crippen molar-refractivity contribution in [2.45, 2.75) is 58.5 Å². The third-order valence-corrected chi connectivity index (χ3v) is 4.11. The first-order chi connectivity index (χ1) is 7.20. The summed E-state index contributed by atoms with van der Waals surface area (Å²) in [6, 6.07) is 0. The average Bonchev–Trinajstić information content (AvgIpc) is 2.24. The summed E-state index contributed by atoms with van der Waals surface area (Å²) in [5.41, 5.74) is 0. The summed E-state index contributed by atoms with van der Waals surface area (Å²) in [7, 11) is 0. The molecule has 0 spiro atoms. The molecule has 0 heterocycles. The van der Waals surface area contributed by atoms with Gasteiger partial charge < -0.3 is 4.74 Å². The summed E-state index contributed by atoms with van der Waals surface area (Å²) in [5, 5.41) is 0. The Morgan fingerprint density at radius 3 is 2.87 bits per heavy atom. The van der Waals surface area contributed by atoms with E-state index in [0.29, 0.717) is 18.3 Å². The van der Waals surface area contributed by atoms with E-state index < -0.39 is 0 Å². The van der Waals surface area contributed by atoms with E-state index in [2.05, 4.69) is 6.92 Å². The van der Waals surface area contributed by atoms with Gasteiger partial charge in [0, 0.05) is 6.42 Å². The van der Waals surface area contributed by atoms with Gasteiger partial charge in [-0.1, -0.05) is 26.7 Å². The highest BCUT2D eigenvalue weighted by molar-refractivity contribution is 5.69. The van der Waals surface area contributed by atoms with E-state index in [4.69, 9.17) is 4.74 Å². The number of hydrogen-bond acceptors (Lipinski definition) is 2. The van der Waals surface area contributed by atoms with Crippen LogP contribution in [0.2, 0.25) is 0 Å². The first-order valence-electron chi connectivity index (χ1n) is 6.40. The van der Waals surface area contributed by atoms with E-state index >= 15 is 0 Å². The average molecular weight is 210 g/mol. The van der Waals surface area contributed by atoms with Crippen molar-refractivity contribution in [2.75, 3.05) is 0 Å². The standard InChI is InChI=1S/C13H22O2/c1-3-12(14)15-13-9(2)7-10-5-4-6-11(13)8-10/h9-11,13H,3-8H2,1-2H3. The molecule has 0 aromatic rings. The van der Waals surface area contributed by atoms with Crippen molar-refractivity contribution in [2.24, 2.45) is 17.8 Å². The second kappa shape index (κ2) is 4.54. The normalized spacial score (nSPS) is 39.9. The molecule has 2 aliphatic carbocycles. The highest BCUT2D eigenvalue weighted by Gasteiger charge is 2.39.